The first kappa shape index (κ1) is 12.8. The van der Waals surface area contributed by atoms with E-state index in [0.29, 0.717) is 6.04 Å². The van der Waals surface area contributed by atoms with Gasteiger partial charge in [-0.2, -0.15) is 0 Å². The first-order chi connectivity index (χ1) is 8.06. The van der Waals surface area contributed by atoms with E-state index in [1.54, 1.807) is 18.3 Å². The number of piperidine rings is 1. The molecule has 1 aliphatic heterocycles. The number of amides is 1. The number of carbonyl (C=O) groups is 1. The second kappa shape index (κ2) is 5.30. The van der Waals surface area contributed by atoms with Gasteiger partial charge >= 0.3 is 0 Å². The summed E-state index contributed by atoms with van der Waals surface area (Å²) in [5, 5.41) is 12.0. The summed E-state index contributed by atoms with van der Waals surface area (Å²) in [6.45, 7) is 4.63. The van der Waals surface area contributed by atoms with E-state index in [9.17, 15) is 4.79 Å². The number of halogens is 1. The fourth-order valence-corrected chi connectivity index (χ4v) is 3.41. The third kappa shape index (κ3) is 3.16. The van der Waals surface area contributed by atoms with Gasteiger partial charge in [0.2, 0.25) is 11.0 Å². The average Bonchev–Trinajstić information content (AvgIpc) is 2.64. The zero-order valence-corrected chi connectivity index (χ0v) is 12.2. The second-order valence-corrected chi connectivity index (χ2v) is 6.53. The second-order valence-electron chi connectivity index (χ2n) is 4.30. The van der Waals surface area contributed by atoms with Crippen LogP contribution in [0, 0.1) is 0 Å². The minimum absolute atomic E-state index is 0.0503. The lowest BCUT2D eigenvalue weighted by Gasteiger charge is -2.37. The minimum atomic E-state index is 0.0503. The molecule has 0 spiro atoms. The van der Waals surface area contributed by atoms with Crippen LogP contribution < -0.4 is 10.2 Å². The number of nitrogens with one attached hydrogen (secondary N) is 1. The van der Waals surface area contributed by atoms with Crippen LogP contribution in [0.1, 0.15) is 26.7 Å². The molecule has 1 amide bonds. The Hall–Kier alpha value is -0.690. The lowest BCUT2D eigenvalue weighted by molar-refractivity contribution is -0.119. The van der Waals surface area contributed by atoms with Gasteiger partial charge in [-0.15, -0.1) is 10.2 Å². The molecule has 1 unspecified atom stereocenters. The normalized spacial score (nSPS) is 24.8. The van der Waals surface area contributed by atoms with Crippen LogP contribution in [0.25, 0.3) is 0 Å². The van der Waals surface area contributed by atoms with Crippen molar-refractivity contribution < 1.29 is 4.79 Å². The van der Waals surface area contributed by atoms with Crippen molar-refractivity contribution >= 4 is 38.3 Å². The van der Waals surface area contributed by atoms with Crippen LogP contribution in [0.3, 0.4) is 0 Å². The number of nitrogens with zero attached hydrogens (tertiary/aromatic N) is 3. The van der Waals surface area contributed by atoms with E-state index in [4.69, 9.17) is 0 Å². The average molecular weight is 319 g/mol. The van der Waals surface area contributed by atoms with E-state index in [-0.39, 0.29) is 11.9 Å². The van der Waals surface area contributed by atoms with E-state index in [1.807, 2.05) is 0 Å². The lowest BCUT2D eigenvalue weighted by Crippen LogP contribution is -2.48. The fraction of sp³-hybridized carbons (Fsp3) is 0.700. The summed E-state index contributed by atoms with van der Waals surface area (Å²) in [5.74, 6) is 0.0503. The maximum absolute atomic E-state index is 11.0. The van der Waals surface area contributed by atoms with Crippen molar-refractivity contribution in [3.05, 3.63) is 3.92 Å². The van der Waals surface area contributed by atoms with Crippen molar-refractivity contribution in [2.75, 3.05) is 11.4 Å². The van der Waals surface area contributed by atoms with Crippen LogP contribution in [-0.2, 0) is 4.79 Å². The summed E-state index contributed by atoms with van der Waals surface area (Å²) in [7, 11) is 0. The fourth-order valence-electron chi connectivity index (χ4n) is 2.19. The van der Waals surface area contributed by atoms with Crippen LogP contribution in [-0.4, -0.2) is 34.7 Å². The van der Waals surface area contributed by atoms with Crippen LogP contribution in [0.4, 0.5) is 5.13 Å². The monoisotopic (exact) mass is 318 g/mol. The molecule has 0 bridgehead atoms. The molecule has 1 N–H and O–H groups in total. The zero-order valence-electron chi connectivity index (χ0n) is 9.81. The number of anilines is 1. The van der Waals surface area contributed by atoms with E-state index in [2.05, 4.69) is 43.3 Å². The molecule has 5 nitrogen and oxygen atoms in total. The number of carbonyl (C=O) groups excluding carboxylic acids is 1. The largest absolute Gasteiger partial charge is 0.353 e. The third-order valence-corrected chi connectivity index (χ3v) is 4.31. The highest BCUT2D eigenvalue weighted by molar-refractivity contribution is 9.11. The number of rotatable bonds is 2. The molecule has 94 valence electrons. The van der Waals surface area contributed by atoms with E-state index in [1.165, 1.54) is 0 Å². The molecule has 1 saturated heterocycles. The molecule has 0 aliphatic carbocycles. The van der Waals surface area contributed by atoms with Crippen molar-refractivity contribution in [2.45, 2.75) is 38.8 Å². The van der Waals surface area contributed by atoms with E-state index in [0.717, 1.165) is 28.4 Å². The molecule has 7 heteroatoms. The number of aromatic nitrogens is 2. The molecule has 0 radical (unpaired) electrons. The van der Waals surface area contributed by atoms with E-state index >= 15 is 0 Å². The van der Waals surface area contributed by atoms with Crippen LogP contribution in [0.2, 0.25) is 0 Å². The highest BCUT2D eigenvalue weighted by Crippen LogP contribution is 2.29. The molecule has 2 rings (SSSR count). The molecular formula is C10H15BrN4OS. The highest BCUT2D eigenvalue weighted by Gasteiger charge is 2.27. The third-order valence-electron chi connectivity index (χ3n) is 2.92. The van der Waals surface area contributed by atoms with Crippen molar-refractivity contribution in [2.24, 2.45) is 0 Å². The van der Waals surface area contributed by atoms with Crippen LogP contribution in [0.5, 0.6) is 0 Å². The standard InChI is InChI=1S/C10H15BrN4OS/c1-6-5-8(12-7(2)16)3-4-15(6)10-14-13-9(11)17-10/h6,8H,3-5H2,1-2H3,(H,12,16)/t6-,8?/m0/s1. The summed E-state index contributed by atoms with van der Waals surface area (Å²) in [6.07, 6.45) is 1.91. The van der Waals surface area contributed by atoms with Gasteiger partial charge in [-0.3, -0.25) is 4.79 Å². The Morgan fingerprint density at radius 3 is 2.88 bits per heavy atom. The molecule has 1 aromatic heterocycles. The topological polar surface area (TPSA) is 58.1 Å². The van der Waals surface area contributed by atoms with Crippen molar-refractivity contribution in [3.63, 3.8) is 0 Å². The molecule has 0 aromatic carbocycles. The first-order valence-electron chi connectivity index (χ1n) is 5.59. The van der Waals surface area contributed by atoms with Gasteiger partial charge in [-0.05, 0) is 35.7 Å². The Labute approximate surface area is 113 Å². The van der Waals surface area contributed by atoms with Crippen molar-refractivity contribution in [1.82, 2.24) is 15.5 Å². The summed E-state index contributed by atoms with van der Waals surface area (Å²) in [4.78, 5) is 13.3. The predicted molar refractivity (Wildman–Crippen MR) is 71.3 cm³/mol. The molecular weight excluding hydrogens is 304 g/mol. The van der Waals surface area contributed by atoms with Gasteiger partial charge in [0.1, 0.15) is 0 Å². The lowest BCUT2D eigenvalue weighted by atomic mass is 9.99. The Morgan fingerprint density at radius 1 is 1.59 bits per heavy atom. The molecule has 1 aromatic rings. The summed E-state index contributed by atoms with van der Waals surface area (Å²) >= 11 is 4.87. The SMILES string of the molecule is CC(=O)NC1CCN(c2nnc(Br)s2)[C@@H](C)C1. The Bertz CT molecular complexity index is 411. The zero-order chi connectivity index (χ0) is 12.4. The number of hydrogen-bond acceptors (Lipinski definition) is 5. The Morgan fingerprint density at radius 2 is 2.35 bits per heavy atom. The molecule has 1 aliphatic rings. The summed E-state index contributed by atoms with van der Waals surface area (Å²) < 4.78 is 0.809. The van der Waals surface area contributed by atoms with Gasteiger partial charge in [0, 0.05) is 25.6 Å². The van der Waals surface area contributed by atoms with Gasteiger partial charge in [-0.1, -0.05) is 11.3 Å². The maximum Gasteiger partial charge on any atom is 0.217 e. The number of hydrogen-bond donors (Lipinski definition) is 1. The van der Waals surface area contributed by atoms with Crippen molar-refractivity contribution in [1.29, 1.82) is 0 Å². The molecule has 0 saturated carbocycles. The van der Waals surface area contributed by atoms with Gasteiger partial charge in [0.05, 0.1) is 0 Å². The predicted octanol–water partition coefficient (Wildman–Crippen LogP) is 1.79. The minimum Gasteiger partial charge on any atom is -0.353 e. The highest BCUT2D eigenvalue weighted by atomic mass is 79.9. The van der Waals surface area contributed by atoms with Gasteiger partial charge in [-0.25, -0.2) is 0 Å². The van der Waals surface area contributed by atoms with Gasteiger partial charge in [0.15, 0.2) is 3.92 Å². The van der Waals surface area contributed by atoms with Crippen LogP contribution >= 0.6 is 27.3 Å². The molecule has 1 fully saturated rings. The summed E-state index contributed by atoms with van der Waals surface area (Å²) in [6, 6.07) is 0.663. The van der Waals surface area contributed by atoms with Gasteiger partial charge < -0.3 is 10.2 Å². The Balaban J connectivity index is 1.98. The molecule has 2 heterocycles. The smallest absolute Gasteiger partial charge is 0.217 e. The summed E-state index contributed by atoms with van der Waals surface area (Å²) in [5.41, 5.74) is 0. The van der Waals surface area contributed by atoms with Crippen molar-refractivity contribution in [3.8, 4) is 0 Å². The molecule has 17 heavy (non-hydrogen) atoms. The van der Waals surface area contributed by atoms with Gasteiger partial charge in [0.25, 0.3) is 0 Å². The van der Waals surface area contributed by atoms with Crippen LogP contribution in [0.15, 0.2) is 3.92 Å². The maximum atomic E-state index is 11.0. The van der Waals surface area contributed by atoms with E-state index < -0.39 is 0 Å². The Kier molecular flexibility index (Phi) is 3.98. The molecule has 2 atom stereocenters. The quantitative estimate of drug-likeness (QED) is 0.903. The first-order valence-corrected chi connectivity index (χ1v) is 7.20.